The molecule has 5 heteroatoms. The van der Waals surface area contributed by atoms with E-state index in [1.54, 1.807) is 6.92 Å². The molecule has 0 bridgehead atoms. The summed E-state index contributed by atoms with van der Waals surface area (Å²) in [5.41, 5.74) is 0.600. The van der Waals surface area contributed by atoms with Gasteiger partial charge in [-0.05, 0) is 44.6 Å². The Morgan fingerprint density at radius 2 is 2.00 bits per heavy atom. The third-order valence-electron chi connectivity index (χ3n) is 3.29. The number of carboxylic acid groups (broad SMARTS) is 1. The summed E-state index contributed by atoms with van der Waals surface area (Å²) >= 11 is 0. The van der Waals surface area contributed by atoms with E-state index in [0.29, 0.717) is 5.69 Å². The Balaban J connectivity index is 2.07. The Kier molecular flexibility index (Phi) is 3.79. The molecule has 0 atom stereocenters. The molecule has 1 aromatic rings. The fourth-order valence-electron chi connectivity index (χ4n) is 2.20. The van der Waals surface area contributed by atoms with Crippen molar-refractivity contribution >= 4 is 5.97 Å². The second-order valence-electron chi connectivity index (χ2n) is 4.98. The van der Waals surface area contributed by atoms with Crippen molar-refractivity contribution < 1.29 is 14.6 Å². The Morgan fingerprint density at radius 1 is 1.33 bits per heavy atom. The van der Waals surface area contributed by atoms with Crippen LogP contribution >= 0.6 is 0 Å². The zero-order valence-electron chi connectivity index (χ0n) is 10.7. The molecule has 1 fully saturated rings. The number of aryl methyl sites for hydroxylation is 1. The lowest BCUT2D eigenvalue weighted by atomic mass is 9.89. The zero-order chi connectivity index (χ0) is 13.1. The van der Waals surface area contributed by atoms with Crippen LogP contribution in [0.2, 0.25) is 0 Å². The van der Waals surface area contributed by atoms with Crippen molar-refractivity contribution in [1.82, 2.24) is 9.97 Å². The summed E-state index contributed by atoms with van der Waals surface area (Å²) in [5.74, 6) is -0.305. The van der Waals surface area contributed by atoms with Crippen molar-refractivity contribution in [3.8, 4) is 6.01 Å². The van der Waals surface area contributed by atoms with Crippen LogP contribution in [0.15, 0.2) is 6.07 Å². The highest BCUT2D eigenvalue weighted by Crippen LogP contribution is 2.26. The van der Waals surface area contributed by atoms with E-state index < -0.39 is 5.97 Å². The smallest absolute Gasteiger partial charge is 0.354 e. The van der Waals surface area contributed by atoms with E-state index in [0.717, 1.165) is 31.6 Å². The summed E-state index contributed by atoms with van der Waals surface area (Å²) < 4.78 is 5.69. The number of hydrogen-bond acceptors (Lipinski definition) is 4. The Hall–Kier alpha value is -1.65. The van der Waals surface area contributed by atoms with Crippen molar-refractivity contribution in [2.75, 3.05) is 0 Å². The lowest BCUT2D eigenvalue weighted by molar-refractivity contribution is 0.0685. The van der Waals surface area contributed by atoms with Crippen molar-refractivity contribution in [1.29, 1.82) is 0 Å². The van der Waals surface area contributed by atoms with Gasteiger partial charge in [-0.2, -0.15) is 4.98 Å². The SMILES string of the molecule is Cc1cc(C(=O)O)nc(OC2CCC(C)CC2)n1. The van der Waals surface area contributed by atoms with Gasteiger partial charge in [-0.3, -0.25) is 0 Å². The molecular weight excluding hydrogens is 232 g/mol. The molecule has 1 saturated carbocycles. The maximum absolute atomic E-state index is 10.9. The van der Waals surface area contributed by atoms with Gasteiger partial charge in [0.05, 0.1) is 0 Å². The van der Waals surface area contributed by atoms with Crippen LogP contribution in [-0.2, 0) is 0 Å². The number of hydrogen-bond donors (Lipinski definition) is 1. The van der Waals surface area contributed by atoms with Crippen molar-refractivity contribution in [3.05, 3.63) is 17.5 Å². The molecule has 1 aliphatic carbocycles. The molecule has 1 N–H and O–H groups in total. The number of rotatable bonds is 3. The molecule has 0 unspecified atom stereocenters. The summed E-state index contributed by atoms with van der Waals surface area (Å²) in [5, 5.41) is 8.93. The largest absolute Gasteiger partial charge is 0.477 e. The minimum atomic E-state index is -1.05. The van der Waals surface area contributed by atoms with Crippen LogP contribution in [0.5, 0.6) is 6.01 Å². The van der Waals surface area contributed by atoms with Crippen LogP contribution in [0.4, 0.5) is 0 Å². The lowest BCUT2D eigenvalue weighted by Gasteiger charge is -2.25. The molecule has 0 aromatic carbocycles. The van der Waals surface area contributed by atoms with Gasteiger partial charge >= 0.3 is 12.0 Å². The van der Waals surface area contributed by atoms with Gasteiger partial charge < -0.3 is 9.84 Å². The van der Waals surface area contributed by atoms with Gasteiger partial charge in [0, 0.05) is 5.69 Å². The Morgan fingerprint density at radius 3 is 2.61 bits per heavy atom. The molecule has 5 nitrogen and oxygen atoms in total. The van der Waals surface area contributed by atoms with Crippen LogP contribution in [0.25, 0.3) is 0 Å². The Labute approximate surface area is 106 Å². The average molecular weight is 250 g/mol. The molecule has 0 radical (unpaired) electrons. The number of carboxylic acids is 1. The molecule has 0 amide bonds. The first kappa shape index (κ1) is 12.8. The molecule has 98 valence electrons. The highest BCUT2D eigenvalue weighted by molar-refractivity contribution is 5.85. The second-order valence-corrected chi connectivity index (χ2v) is 4.98. The van der Waals surface area contributed by atoms with E-state index >= 15 is 0 Å². The van der Waals surface area contributed by atoms with Crippen LogP contribution in [0.1, 0.15) is 48.8 Å². The van der Waals surface area contributed by atoms with Crippen LogP contribution in [0, 0.1) is 12.8 Å². The summed E-state index contributed by atoms with van der Waals surface area (Å²) in [4.78, 5) is 18.9. The fraction of sp³-hybridized carbons (Fsp3) is 0.615. The summed E-state index contributed by atoms with van der Waals surface area (Å²) in [6.45, 7) is 3.98. The maximum atomic E-state index is 10.9. The molecule has 0 aliphatic heterocycles. The van der Waals surface area contributed by atoms with Gasteiger partial charge in [0.25, 0.3) is 0 Å². The van der Waals surface area contributed by atoms with E-state index in [2.05, 4.69) is 16.9 Å². The predicted molar refractivity (Wildman–Crippen MR) is 65.8 cm³/mol. The molecule has 18 heavy (non-hydrogen) atoms. The van der Waals surface area contributed by atoms with E-state index in [1.165, 1.54) is 6.07 Å². The number of carbonyl (C=O) groups is 1. The van der Waals surface area contributed by atoms with Crippen LogP contribution in [0.3, 0.4) is 0 Å². The minimum absolute atomic E-state index is 0.0123. The van der Waals surface area contributed by atoms with Crippen LogP contribution < -0.4 is 4.74 Å². The van der Waals surface area contributed by atoms with Gasteiger partial charge in [0.1, 0.15) is 6.10 Å². The monoisotopic (exact) mass is 250 g/mol. The quantitative estimate of drug-likeness (QED) is 0.892. The molecule has 0 spiro atoms. The molecule has 2 rings (SSSR count). The maximum Gasteiger partial charge on any atom is 0.354 e. The second kappa shape index (κ2) is 5.33. The third-order valence-corrected chi connectivity index (χ3v) is 3.29. The lowest BCUT2D eigenvalue weighted by Crippen LogP contribution is -2.24. The van der Waals surface area contributed by atoms with Gasteiger partial charge in [-0.25, -0.2) is 9.78 Å². The van der Waals surface area contributed by atoms with Crippen molar-refractivity contribution in [2.45, 2.75) is 45.6 Å². The fourth-order valence-corrected chi connectivity index (χ4v) is 2.20. The average Bonchev–Trinajstić information content (AvgIpc) is 2.31. The van der Waals surface area contributed by atoms with Crippen molar-refractivity contribution in [3.63, 3.8) is 0 Å². The number of aromatic carboxylic acids is 1. The van der Waals surface area contributed by atoms with E-state index in [-0.39, 0.29) is 17.8 Å². The first-order chi connectivity index (χ1) is 8.54. The number of aromatic nitrogens is 2. The molecule has 1 aromatic heterocycles. The normalized spacial score (nSPS) is 23.7. The summed E-state index contributed by atoms with van der Waals surface area (Å²) in [6, 6.07) is 1.63. The number of nitrogens with zero attached hydrogens (tertiary/aromatic N) is 2. The van der Waals surface area contributed by atoms with Gasteiger partial charge in [0.15, 0.2) is 5.69 Å². The van der Waals surface area contributed by atoms with Gasteiger partial charge in [0.2, 0.25) is 0 Å². The summed E-state index contributed by atoms with van der Waals surface area (Å²) in [7, 11) is 0. The first-order valence-corrected chi connectivity index (χ1v) is 6.30. The van der Waals surface area contributed by atoms with Gasteiger partial charge in [-0.15, -0.1) is 0 Å². The Bertz CT molecular complexity index is 440. The zero-order valence-corrected chi connectivity index (χ0v) is 10.7. The molecule has 1 aliphatic rings. The van der Waals surface area contributed by atoms with E-state index in [9.17, 15) is 4.79 Å². The number of ether oxygens (including phenoxy) is 1. The van der Waals surface area contributed by atoms with Gasteiger partial charge in [-0.1, -0.05) is 6.92 Å². The molecular formula is C13H18N2O3. The van der Waals surface area contributed by atoms with Crippen molar-refractivity contribution in [2.24, 2.45) is 5.92 Å². The summed E-state index contributed by atoms with van der Waals surface area (Å²) in [6.07, 6.45) is 4.37. The highest BCUT2D eigenvalue weighted by Gasteiger charge is 2.21. The van der Waals surface area contributed by atoms with E-state index in [4.69, 9.17) is 9.84 Å². The third kappa shape index (κ3) is 3.18. The predicted octanol–water partition coefficient (Wildman–Crippen LogP) is 2.44. The molecule has 1 heterocycles. The minimum Gasteiger partial charge on any atom is -0.477 e. The first-order valence-electron chi connectivity index (χ1n) is 6.30. The van der Waals surface area contributed by atoms with Crippen LogP contribution in [-0.4, -0.2) is 27.1 Å². The standard InChI is InChI=1S/C13H18N2O3/c1-8-3-5-10(6-4-8)18-13-14-9(2)7-11(15-13)12(16)17/h7-8,10H,3-6H2,1-2H3,(H,16,17). The molecule has 0 saturated heterocycles. The highest BCUT2D eigenvalue weighted by atomic mass is 16.5. The van der Waals surface area contributed by atoms with E-state index in [1.807, 2.05) is 0 Å². The topological polar surface area (TPSA) is 72.3 Å².